The molecule has 37 heavy (non-hydrogen) atoms. The Morgan fingerprint density at radius 2 is 1.30 bits per heavy atom. The lowest BCUT2D eigenvalue weighted by Gasteiger charge is -2.16. The van der Waals surface area contributed by atoms with E-state index >= 15 is 0 Å². The van der Waals surface area contributed by atoms with E-state index in [1.54, 1.807) is 23.0 Å². The van der Waals surface area contributed by atoms with Gasteiger partial charge in [-0.2, -0.15) is 22.7 Å². The minimum absolute atomic E-state index is 0.499. The average Bonchev–Trinajstić information content (AvgIpc) is 3.55. The summed E-state index contributed by atoms with van der Waals surface area (Å²) in [7, 11) is -1.45. The third kappa shape index (κ3) is 16.6. The quantitative estimate of drug-likeness (QED) is 0.128. The highest BCUT2D eigenvalue weighted by atomic mass is 32.1. The molecule has 2 rings (SSSR count). The van der Waals surface area contributed by atoms with Gasteiger partial charge in [-0.15, -0.1) is 0 Å². The summed E-state index contributed by atoms with van der Waals surface area (Å²) in [6.07, 6.45) is 24.4. The van der Waals surface area contributed by atoms with Gasteiger partial charge in [0.2, 0.25) is 0 Å². The molecule has 5 heteroatoms. The minimum Gasteiger partial charge on any atom is -0.478 e. The fourth-order valence-electron chi connectivity index (χ4n) is 4.93. The maximum atomic E-state index is 10.8. The molecule has 0 aromatic carbocycles. The van der Waals surface area contributed by atoms with Gasteiger partial charge in [-0.05, 0) is 46.2 Å². The maximum absolute atomic E-state index is 10.8. The Balaban J connectivity index is 0.000000474. The fraction of sp³-hybridized carbons (Fsp3) is 0.719. The highest BCUT2D eigenvalue weighted by molar-refractivity contribution is 7.25. The standard InChI is InChI=1S/C24H44S.C8H12O2SSi/c1-3-5-7-9-11-12-14-16-18-23(21-24-19-20-25-22-24)17-15-13-10-8-6-4-2;1-12(2,3)8-6(7(9)10)4-5-11-8/h19-20,22-23H,3-18,21H2,1-2H3;4-5H,1-3H3,(H,9,10). The molecule has 1 atom stereocenters. The predicted octanol–water partition coefficient (Wildman–Crippen LogP) is 11.2. The third-order valence-electron chi connectivity index (χ3n) is 7.11. The van der Waals surface area contributed by atoms with Crippen molar-refractivity contribution in [2.45, 2.75) is 143 Å². The molecular weight excluding hydrogens is 509 g/mol. The molecule has 0 aliphatic heterocycles. The van der Waals surface area contributed by atoms with Gasteiger partial charge < -0.3 is 5.11 Å². The van der Waals surface area contributed by atoms with E-state index in [0.29, 0.717) is 5.56 Å². The topological polar surface area (TPSA) is 37.3 Å². The first-order chi connectivity index (χ1) is 17.8. The molecule has 2 aromatic heterocycles. The molecule has 1 N–H and O–H groups in total. The van der Waals surface area contributed by atoms with E-state index in [1.165, 1.54) is 109 Å². The summed E-state index contributed by atoms with van der Waals surface area (Å²) in [6, 6.07) is 4.03. The van der Waals surface area contributed by atoms with E-state index in [-0.39, 0.29) is 0 Å². The molecule has 0 aliphatic carbocycles. The lowest BCUT2D eigenvalue weighted by atomic mass is 9.89. The Hall–Kier alpha value is -0.913. The molecule has 0 spiro atoms. The Bertz CT molecular complexity index is 792. The fourth-order valence-corrected chi connectivity index (χ4v) is 8.85. The third-order valence-corrected chi connectivity index (χ3v) is 12.4. The highest BCUT2D eigenvalue weighted by Gasteiger charge is 2.24. The monoisotopic (exact) mass is 564 g/mol. The molecule has 0 aliphatic rings. The minimum atomic E-state index is -1.45. The van der Waals surface area contributed by atoms with Crippen molar-refractivity contribution in [3.63, 3.8) is 0 Å². The van der Waals surface area contributed by atoms with Crippen LogP contribution in [0.15, 0.2) is 28.3 Å². The number of rotatable bonds is 20. The van der Waals surface area contributed by atoms with Crippen LogP contribution in [0.4, 0.5) is 0 Å². The molecule has 0 saturated carbocycles. The van der Waals surface area contributed by atoms with Crippen LogP contribution in [0, 0.1) is 5.92 Å². The van der Waals surface area contributed by atoms with Crippen LogP contribution in [-0.2, 0) is 6.42 Å². The Kier molecular flexibility index (Phi) is 19.3. The number of carboxylic acid groups (broad SMARTS) is 1. The van der Waals surface area contributed by atoms with Crippen molar-refractivity contribution in [3.8, 4) is 0 Å². The highest BCUT2D eigenvalue weighted by Crippen LogP contribution is 2.24. The van der Waals surface area contributed by atoms with Crippen LogP contribution >= 0.6 is 22.7 Å². The molecule has 0 bridgehead atoms. The first kappa shape index (κ1) is 34.1. The number of carboxylic acids is 1. The van der Waals surface area contributed by atoms with Gasteiger partial charge in [0, 0.05) is 4.50 Å². The normalized spacial score (nSPS) is 12.2. The van der Waals surface area contributed by atoms with Crippen molar-refractivity contribution in [2.24, 2.45) is 5.92 Å². The number of thiophene rings is 2. The number of aromatic carboxylic acids is 1. The molecule has 2 heterocycles. The predicted molar refractivity (Wildman–Crippen MR) is 171 cm³/mol. The zero-order valence-electron chi connectivity index (χ0n) is 24.7. The summed E-state index contributed by atoms with van der Waals surface area (Å²) in [6.45, 7) is 11.1. The SMILES string of the molecule is CCCCCCCCCCC(CCCCCCCC)Cc1ccsc1.C[Si](C)(C)c1sccc1C(=O)O. The van der Waals surface area contributed by atoms with Crippen LogP contribution in [0.3, 0.4) is 0 Å². The first-order valence-corrected chi connectivity index (χ1v) is 20.4. The second-order valence-corrected chi connectivity index (χ2v) is 18.8. The van der Waals surface area contributed by atoms with Gasteiger partial charge >= 0.3 is 5.97 Å². The zero-order valence-corrected chi connectivity index (χ0v) is 27.3. The Morgan fingerprint density at radius 1 is 0.784 bits per heavy atom. The lowest BCUT2D eigenvalue weighted by molar-refractivity contribution is 0.0698. The average molecular weight is 565 g/mol. The molecule has 2 nitrogen and oxygen atoms in total. The number of hydrogen-bond donors (Lipinski definition) is 1. The van der Waals surface area contributed by atoms with Gasteiger partial charge in [0.25, 0.3) is 0 Å². The summed E-state index contributed by atoms with van der Waals surface area (Å²) in [4.78, 5) is 10.8. The molecule has 0 saturated heterocycles. The van der Waals surface area contributed by atoms with E-state index in [1.807, 2.05) is 16.7 Å². The second kappa shape index (κ2) is 21.0. The van der Waals surface area contributed by atoms with Crippen molar-refractivity contribution in [2.75, 3.05) is 0 Å². The smallest absolute Gasteiger partial charge is 0.336 e. The van der Waals surface area contributed by atoms with Gasteiger partial charge in [-0.1, -0.05) is 136 Å². The first-order valence-electron chi connectivity index (χ1n) is 15.1. The van der Waals surface area contributed by atoms with E-state index in [2.05, 4.69) is 50.3 Å². The Labute approximate surface area is 238 Å². The summed E-state index contributed by atoms with van der Waals surface area (Å²) in [5.41, 5.74) is 2.08. The molecule has 0 amide bonds. The van der Waals surface area contributed by atoms with Gasteiger partial charge in [0.1, 0.15) is 0 Å². The lowest BCUT2D eigenvalue weighted by Crippen LogP contribution is -2.38. The van der Waals surface area contributed by atoms with E-state index < -0.39 is 14.0 Å². The molecule has 0 fully saturated rings. The number of hydrogen-bond acceptors (Lipinski definition) is 3. The molecule has 212 valence electrons. The molecule has 1 unspecified atom stereocenters. The van der Waals surface area contributed by atoms with E-state index in [0.717, 1.165) is 10.4 Å². The number of unbranched alkanes of at least 4 members (excludes halogenated alkanes) is 12. The van der Waals surface area contributed by atoms with Crippen molar-refractivity contribution in [1.82, 2.24) is 0 Å². The van der Waals surface area contributed by atoms with Crippen LogP contribution in [0.2, 0.25) is 19.6 Å². The van der Waals surface area contributed by atoms with E-state index in [9.17, 15) is 4.79 Å². The van der Waals surface area contributed by atoms with Crippen LogP contribution in [-0.4, -0.2) is 19.1 Å². The molecular formula is C32H56O2S2Si. The summed E-state index contributed by atoms with van der Waals surface area (Å²) in [5.74, 6) is 0.134. The number of carbonyl (C=O) groups is 1. The summed E-state index contributed by atoms with van der Waals surface area (Å²) in [5, 5.41) is 15.3. The summed E-state index contributed by atoms with van der Waals surface area (Å²) < 4.78 is 1.08. The Morgan fingerprint density at radius 3 is 1.70 bits per heavy atom. The van der Waals surface area contributed by atoms with Crippen molar-refractivity contribution >= 4 is 41.2 Å². The van der Waals surface area contributed by atoms with Gasteiger partial charge in [-0.3, -0.25) is 0 Å². The zero-order chi connectivity index (χ0) is 27.4. The van der Waals surface area contributed by atoms with E-state index in [4.69, 9.17) is 5.11 Å². The van der Waals surface area contributed by atoms with Crippen LogP contribution < -0.4 is 4.50 Å². The maximum Gasteiger partial charge on any atom is 0.336 e. The van der Waals surface area contributed by atoms with Gasteiger partial charge in [-0.25, -0.2) is 4.79 Å². The van der Waals surface area contributed by atoms with Crippen molar-refractivity contribution in [3.05, 3.63) is 39.4 Å². The van der Waals surface area contributed by atoms with Gasteiger partial charge in [0.15, 0.2) is 0 Å². The summed E-state index contributed by atoms with van der Waals surface area (Å²) >= 11 is 3.43. The van der Waals surface area contributed by atoms with Crippen LogP contribution in [0.1, 0.15) is 133 Å². The van der Waals surface area contributed by atoms with Crippen molar-refractivity contribution in [1.29, 1.82) is 0 Å². The van der Waals surface area contributed by atoms with Crippen LogP contribution in [0.25, 0.3) is 0 Å². The van der Waals surface area contributed by atoms with Crippen LogP contribution in [0.5, 0.6) is 0 Å². The molecule has 2 aromatic rings. The second-order valence-electron chi connectivity index (χ2n) is 11.7. The van der Waals surface area contributed by atoms with Crippen molar-refractivity contribution < 1.29 is 9.90 Å². The molecule has 0 radical (unpaired) electrons. The van der Waals surface area contributed by atoms with Gasteiger partial charge in [0.05, 0.1) is 13.6 Å². The largest absolute Gasteiger partial charge is 0.478 e.